The number of benzene rings is 2. The Morgan fingerprint density at radius 2 is 0.947 bits per heavy atom. The standard InChI is InChI=1S/C26H38N4O6S2/c1-5-19(3)29-37(33,34)23-15-11-21(12-16-23)27-25(31)9-7-8-10-26(32)28-22-13-17-24(18-14-22)38(35,36)30-20(4)6-2/h11-20,29-30H,5-10H2,1-4H3,(H,27,31)(H,28,32). The van der Waals surface area contributed by atoms with Crippen LogP contribution in [0.1, 0.15) is 66.2 Å². The fourth-order valence-corrected chi connectivity index (χ4v) is 5.94. The molecule has 38 heavy (non-hydrogen) atoms. The number of hydrogen-bond donors (Lipinski definition) is 4. The van der Waals surface area contributed by atoms with E-state index >= 15 is 0 Å². The van der Waals surface area contributed by atoms with Gasteiger partial charge < -0.3 is 10.6 Å². The molecule has 210 valence electrons. The lowest BCUT2D eigenvalue weighted by Crippen LogP contribution is -2.31. The van der Waals surface area contributed by atoms with Crippen LogP contribution in [-0.2, 0) is 29.6 Å². The van der Waals surface area contributed by atoms with Gasteiger partial charge in [0.1, 0.15) is 0 Å². The van der Waals surface area contributed by atoms with Crippen LogP contribution >= 0.6 is 0 Å². The van der Waals surface area contributed by atoms with E-state index < -0.39 is 20.0 Å². The summed E-state index contributed by atoms with van der Waals surface area (Å²) >= 11 is 0. The largest absolute Gasteiger partial charge is 0.326 e. The van der Waals surface area contributed by atoms with Gasteiger partial charge in [0.15, 0.2) is 0 Å². The summed E-state index contributed by atoms with van der Waals surface area (Å²) in [5.41, 5.74) is 0.972. The van der Waals surface area contributed by atoms with Gasteiger partial charge >= 0.3 is 0 Å². The van der Waals surface area contributed by atoms with E-state index in [9.17, 15) is 26.4 Å². The van der Waals surface area contributed by atoms with Crippen LogP contribution in [0.25, 0.3) is 0 Å². The average Bonchev–Trinajstić information content (AvgIpc) is 2.86. The van der Waals surface area contributed by atoms with Gasteiger partial charge in [-0.25, -0.2) is 26.3 Å². The van der Waals surface area contributed by atoms with Crippen LogP contribution in [0.2, 0.25) is 0 Å². The number of anilines is 2. The molecule has 0 bridgehead atoms. The van der Waals surface area contributed by atoms with Gasteiger partial charge in [0.25, 0.3) is 0 Å². The van der Waals surface area contributed by atoms with E-state index in [1.807, 2.05) is 13.8 Å². The molecule has 0 radical (unpaired) electrons. The minimum atomic E-state index is -3.61. The number of hydrogen-bond acceptors (Lipinski definition) is 6. The molecule has 0 spiro atoms. The highest BCUT2D eigenvalue weighted by Crippen LogP contribution is 2.17. The highest BCUT2D eigenvalue weighted by Gasteiger charge is 2.17. The zero-order chi connectivity index (χ0) is 28.3. The second-order valence-electron chi connectivity index (χ2n) is 9.21. The Bertz CT molecular complexity index is 1180. The van der Waals surface area contributed by atoms with Gasteiger partial charge in [-0.3, -0.25) is 9.59 Å². The first kappa shape index (κ1) is 31.4. The summed E-state index contributed by atoms with van der Waals surface area (Å²) in [6, 6.07) is 11.5. The molecule has 0 aliphatic heterocycles. The monoisotopic (exact) mass is 566 g/mol. The van der Waals surface area contributed by atoms with Gasteiger partial charge in [0.05, 0.1) is 9.79 Å². The number of carbonyl (C=O) groups excluding carboxylic acids is 2. The molecule has 10 nitrogen and oxygen atoms in total. The fourth-order valence-electron chi connectivity index (χ4n) is 3.29. The van der Waals surface area contributed by atoms with Crippen molar-refractivity contribution in [1.29, 1.82) is 0 Å². The van der Waals surface area contributed by atoms with Crippen LogP contribution in [0, 0.1) is 0 Å². The first-order valence-corrected chi connectivity index (χ1v) is 15.7. The summed E-state index contributed by atoms with van der Waals surface area (Å²) in [6.45, 7) is 7.35. The zero-order valence-corrected chi connectivity index (χ0v) is 23.9. The van der Waals surface area contributed by atoms with Gasteiger partial charge in [-0.15, -0.1) is 0 Å². The van der Waals surface area contributed by atoms with Crippen molar-refractivity contribution in [1.82, 2.24) is 9.44 Å². The number of nitrogens with one attached hydrogen (secondary N) is 4. The molecule has 0 fully saturated rings. The van der Waals surface area contributed by atoms with Crippen LogP contribution in [-0.4, -0.2) is 40.7 Å². The van der Waals surface area contributed by atoms with E-state index in [0.29, 0.717) is 37.1 Å². The van der Waals surface area contributed by atoms with Crippen molar-refractivity contribution in [3.63, 3.8) is 0 Å². The Morgan fingerprint density at radius 3 is 1.24 bits per heavy atom. The maximum absolute atomic E-state index is 12.3. The minimum Gasteiger partial charge on any atom is -0.326 e. The summed E-state index contributed by atoms with van der Waals surface area (Å²) < 4.78 is 54.5. The molecule has 2 rings (SSSR count). The first-order valence-electron chi connectivity index (χ1n) is 12.7. The zero-order valence-electron chi connectivity index (χ0n) is 22.3. The maximum atomic E-state index is 12.3. The quantitative estimate of drug-likeness (QED) is 0.240. The van der Waals surface area contributed by atoms with E-state index in [2.05, 4.69) is 20.1 Å². The smallest absolute Gasteiger partial charge is 0.240 e. The van der Waals surface area contributed by atoms with E-state index in [-0.39, 0.29) is 46.5 Å². The summed E-state index contributed by atoms with van der Waals surface area (Å²) in [7, 11) is -7.22. The SMILES string of the molecule is CCC(C)NS(=O)(=O)c1ccc(NC(=O)CCCCC(=O)Nc2ccc(S(=O)(=O)NC(C)CC)cc2)cc1. The molecule has 12 heteroatoms. The van der Waals surface area contributed by atoms with E-state index in [1.165, 1.54) is 48.5 Å². The van der Waals surface area contributed by atoms with Crippen molar-refractivity contribution in [2.75, 3.05) is 10.6 Å². The molecule has 2 aromatic carbocycles. The highest BCUT2D eigenvalue weighted by molar-refractivity contribution is 7.89. The molecular weight excluding hydrogens is 528 g/mol. The lowest BCUT2D eigenvalue weighted by atomic mass is 10.1. The molecular formula is C26H38N4O6S2. The van der Waals surface area contributed by atoms with E-state index in [1.54, 1.807) is 13.8 Å². The van der Waals surface area contributed by atoms with Gasteiger partial charge in [-0.1, -0.05) is 13.8 Å². The van der Waals surface area contributed by atoms with Gasteiger partial charge in [0, 0.05) is 36.3 Å². The van der Waals surface area contributed by atoms with Crippen LogP contribution in [0.3, 0.4) is 0 Å². The van der Waals surface area contributed by atoms with Gasteiger partial charge in [-0.05, 0) is 88.1 Å². The summed E-state index contributed by atoms with van der Waals surface area (Å²) in [6.07, 6.45) is 2.74. The molecule has 2 amide bonds. The summed E-state index contributed by atoms with van der Waals surface area (Å²) in [5.74, 6) is -0.469. The second-order valence-corrected chi connectivity index (χ2v) is 12.6. The van der Waals surface area contributed by atoms with E-state index in [0.717, 1.165) is 0 Å². The van der Waals surface area contributed by atoms with Crippen molar-refractivity contribution in [3.05, 3.63) is 48.5 Å². The molecule has 0 aromatic heterocycles. The van der Waals surface area contributed by atoms with E-state index in [4.69, 9.17) is 0 Å². The molecule has 0 heterocycles. The molecule has 2 unspecified atom stereocenters. The minimum absolute atomic E-state index is 0.126. The predicted molar refractivity (Wildman–Crippen MR) is 149 cm³/mol. The Morgan fingerprint density at radius 1 is 0.632 bits per heavy atom. The molecule has 4 N–H and O–H groups in total. The third-order valence-electron chi connectivity index (χ3n) is 5.89. The Labute approximate surface area is 226 Å². The average molecular weight is 567 g/mol. The third kappa shape index (κ3) is 10.2. The normalized spacial score (nSPS) is 13.5. The lowest BCUT2D eigenvalue weighted by molar-refractivity contribution is -0.118. The maximum Gasteiger partial charge on any atom is 0.240 e. The predicted octanol–water partition coefficient (Wildman–Crippen LogP) is 3.98. The van der Waals surface area contributed by atoms with Crippen molar-refractivity contribution in [3.8, 4) is 0 Å². The first-order chi connectivity index (χ1) is 17.9. The number of rotatable bonds is 15. The topological polar surface area (TPSA) is 151 Å². The number of sulfonamides is 2. The van der Waals surface area contributed by atoms with Crippen LogP contribution < -0.4 is 20.1 Å². The third-order valence-corrected chi connectivity index (χ3v) is 9.10. The summed E-state index contributed by atoms with van der Waals surface area (Å²) in [5, 5.41) is 5.45. The molecule has 0 saturated carbocycles. The van der Waals surface area contributed by atoms with Crippen molar-refractivity contribution < 1.29 is 26.4 Å². The van der Waals surface area contributed by atoms with Crippen LogP contribution in [0.4, 0.5) is 11.4 Å². The van der Waals surface area contributed by atoms with Crippen LogP contribution in [0.5, 0.6) is 0 Å². The fraction of sp³-hybridized carbons (Fsp3) is 0.462. The second kappa shape index (κ2) is 14.4. The lowest BCUT2D eigenvalue weighted by Gasteiger charge is -2.13. The van der Waals surface area contributed by atoms with Crippen LogP contribution in [0.15, 0.2) is 58.3 Å². The van der Waals surface area contributed by atoms with Gasteiger partial charge in [-0.2, -0.15) is 0 Å². The highest BCUT2D eigenvalue weighted by atomic mass is 32.2. The molecule has 2 atom stereocenters. The number of amides is 2. The Balaban J connectivity index is 1.74. The Hall–Kier alpha value is -2.80. The molecule has 2 aromatic rings. The van der Waals surface area contributed by atoms with Gasteiger partial charge in [0.2, 0.25) is 31.9 Å². The summed E-state index contributed by atoms with van der Waals surface area (Å²) in [4.78, 5) is 24.7. The molecule has 0 aliphatic carbocycles. The number of carbonyl (C=O) groups is 2. The van der Waals surface area contributed by atoms with Crippen molar-refractivity contribution >= 4 is 43.2 Å². The molecule has 0 aliphatic rings. The molecule has 0 saturated heterocycles. The van der Waals surface area contributed by atoms with Crippen molar-refractivity contribution in [2.24, 2.45) is 0 Å². The Kier molecular flexibility index (Phi) is 11.9. The number of unbranched alkanes of at least 4 members (excludes halogenated alkanes) is 1. The van der Waals surface area contributed by atoms with Crippen molar-refractivity contribution in [2.45, 2.75) is 88.1 Å².